The Balaban J connectivity index is 2.08. The van der Waals surface area contributed by atoms with Crippen molar-refractivity contribution in [3.63, 3.8) is 0 Å². The number of amides is 2. The van der Waals surface area contributed by atoms with Crippen molar-refractivity contribution in [2.45, 2.75) is 19.0 Å². The molecule has 0 saturated carbocycles. The molecule has 2 N–H and O–H groups in total. The highest BCUT2D eigenvalue weighted by atomic mass is 35.5. The van der Waals surface area contributed by atoms with Crippen LogP contribution >= 0.6 is 23.4 Å². The van der Waals surface area contributed by atoms with Gasteiger partial charge in [-0.05, 0) is 31.7 Å². The molecule has 2 rings (SSSR count). The van der Waals surface area contributed by atoms with Gasteiger partial charge in [-0.1, -0.05) is 41.1 Å². The lowest BCUT2D eigenvalue weighted by Crippen LogP contribution is -2.42. The molecule has 1 aromatic heterocycles. The van der Waals surface area contributed by atoms with Crippen LogP contribution in [0.1, 0.15) is 32.0 Å². The average Bonchev–Trinajstić information content (AvgIpc) is 2.52. The summed E-state index contributed by atoms with van der Waals surface area (Å²) in [4.78, 5) is 32.2. The molecule has 1 aromatic carbocycles. The van der Waals surface area contributed by atoms with Crippen LogP contribution in [-0.2, 0) is 0 Å². The number of benzene rings is 1. The minimum atomic E-state index is -0.606. The number of aryl methyl sites for hydroxylation is 2. The van der Waals surface area contributed by atoms with Crippen molar-refractivity contribution < 1.29 is 9.59 Å². The third-order valence-electron chi connectivity index (χ3n) is 3.04. The van der Waals surface area contributed by atoms with E-state index in [2.05, 4.69) is 20.8 Å². The number of hydrogen-bond acceptors (Lipinski definition) is 5. The Hall–Kier alpha value is -2.12. The first-order valence-corrected chi connectivity index (χ1v) is 8.27. The molecule has 8 heteroatoms. The smallest absolute Gasteiger partial charge is 0.267 e. The maximum atomic E-state index is 12.1. The van der Waals surface area contributed by atoms with Crippen LogP contribution in [-0.4, -0.2) is 28.0 Å². The number of hydrazine groups is 1. The minimum Gasteiger partial charge on any atom is -0.267 e. The maximum Gasteiger partial charge on any atom is 0.289 e. The molecular weight excluding hydrogens is 336 g/mol. The van der Waals surface area contributed by atoms with Crippen molar-refractivity contribution in [2.24, 2.45) is 0 Å². The SMILES string of the molecule is CSc1ncc(Cl)c(C(=O)NNC(=O)c2ccc(C)cc2C)n1. The van der Waals surface area contributed by atoms with Crippen molar-refractivity contribution in [2.75, 3.05) is 6.26 Å². The number of nitrogens with zero attached hydrogens (tertiary/aromatic N) is 2. The number of carbonyl (C=O) groups excluding carboxylic acids is 2. The summed E-state index contributed by atoms with van der Waals surface area (Å²) in [5.41, 5.74) is 7.03. The Labute approximate surface area is 143 Å². The summed E-state index contributed by atoms with van der Waals surface area (Å²) < 4.78 is 0. The number of nitrogens with one attached hydrogen (secondary N) is 2. The predicted octanol–water partition coefficient (Wildman–Crippen LogP) is 2.54. The van der Waals surface area contributed by atoms with E-state index < -0.39 is 11.8 Å². The van der Waals surface area contributed by atoms with Gasteiger partial charge in [-0.15, -0.1) is 0 Å². The number of carbonyl (C=O) groups is 2. The zero-order valence-electron chi connectivity index (χ0n) is 12.8. The van der Waals surface area contributed by atoms with Crippen LogP contribution in [0.4, 0.5) is 0 Å². The van der Waals surface area contributed by atoms with Crippen LogP contribution in [0.15, 0.2) is 29.6 Å². The second kappa shape index (κ2) is 7.43. The van der Waals surface area contributed by atoms with E-state index in [1.54, 1.807) is 12.3 Å². The van der Waals surface area contributed by atoms with Gasteiger partial charge in [-0.3, -0.25) is 20.4 Å². The summed E-state index contributed by atoms with van der Waals surface area (Å²) in [6.07, 6.45) is 3.13. The number of halogens is 1. The molecule has 0 aliphatic heterocycles. The molecule has 0 atom stereocenters. The molecule has 0 fully saturated rings. The molecule has 1 heterocycles. The van der Waals surface area contributed by atoms with Gasteiger partial charge in [-0.25, -0.2) is 9.97 Å². The highest BCUT2D eigenvalue weighted by molar-refractivity contribution is 7.98. The van der Waals surface area contributed by atoms with E-state index in [-0.39, 0.29) is 10.7 Å². The quantitative estimate of drug-likeness (QED) is 0.505. The van der Waals surface area contributed by atoms with E-state index in [0.717, 1.165) is 11.1 Å². The Morgan fingerprint density at radius 1 is 1.17 bits per heavy atom. The normalized spacial score (nSPS) is 10.3. The monoisotopic (exact) mass is 350 g/mol. The Bertz CT molecular complexity index is 767. The van der Waals surface area contributed by atoms with Gasteiger partial charge in [0.25, 0.3) is 11.8 Å². The van der Waals surface area contributed by atoms with Gasteiger partial charge in [0.15, 0.2) is 10.9 Å². The molecule has 0 radical (unpaired) electrons. The van der Waals surface area contributed by atoms with Crippen LogP contribution in [0.5, 0.6) is 0 Å². The van der Waals surface area contributed by atoms with Crippen LogP contribution in [0.25, 0.3) is 0 Å². The number of hydrogen-bond donors (Lipinski definition) is 2. The first-order valence-electron chi connectivity index (χ1n) is 6.67. The zero-order valence-corrected chi connectivity index (χ0v) is 14.4. The van der Waals surface area contributed by atoms with E-state index in [4.69, 9.17) is 11.6 Å². The summed E-state index contributed by atoms with van der Waals surface area (Å²) in [5, 5.41) is 0.529. The molecule has 120 valence electrons. The van der Waals surface area contributed by atoms with Crippen molar-refractivity contribution in [3.8, 4) is 0 Å². The van der Waals surface area contributed by atoms with Gasteiger partial charge in [0.1, 0.15) is 0 Å². The van der Waals surface area contributed by atoms with Crippen molar-refractivity contribution in [1.29, 1.82) is 0 Å². The molecule has 0 aliphatic rings. The average molecular weight is 351 g/mol. The fraction of sp³-hybridized carbons (Fsp3) is 0.200. The molecular formula is C15H15ClN4O2S. The summed E-state index contributed by atoms with van der Waals surface area (Å²) in [5.74, 6) is -1.02. The Morgan fingerprint density at radius 2 is 1.87 bits per heavy atom. The number of aromatic nitrogens is 2. The molecule has 0 bridgehead atoms. The predicted molar refractivity (Wildman–Crippen MR) is 89.7 cm³/mol. The lowest BCUT2D eigenvalue weighted by molar-refractivity contribution is 0.0843. The molecule has 2 aromatic rings. The molecule has 6 nitrogen and oxygen atoms in total. The largest absolute Gasteiger partial charge is 0.289 e. The summed E-state index contributed by atoms with van der Waals surface area (Å²) in [6.45, 7) is 3.77. The molecule has 0 spiro atoms. The third kappa shape index (κ3) is 4.20. The van der Waals surface area contributed by atoms with Gasteiger partial charge in [0.05, 0.1) is 11.2 Å². The summed E-state index contributed by atoms with van der Waals surface area (Å²) >= 11 is 7.20. The lowest BCUT2D eigenvalue weighted by atomic mass is 10.1. The van der Waals surface area contributed by atoms with Crippen molar-refractivity contribution >= 4 is 35.2 Å². The lowest BCUT2D eigenvalue weighted by Gasteiger charge is -2.10. The van der Waals surface area contributed by atoms with Crippen LogP contribution in [0, 0.1) is 13.8 Å². The minimum absolute atomic E-state index is 0.00643. The Kier molecular flexibility index (Phi) is 5.57. The third-order valence-corrected chi connectivity index (χ3v) is 3.87. The first-order chi connectivity index (χ1) is 10.9. The van der Waals surface area contributed by atoms with Crippen LogP contribution in [0.2, 0.25) is 5.02 Å². The van der Waals surface area contributed by atoms with Gasteiger partial charge in [0.2, 0.25) is 0 Å². The highest BCUT2D eigenvalue weighted by Gasteiger charge is 2.16. The van der Waals surface area contributed by atoms with Gasteiger partial charge in [0, 0.05) is 5.56 Å². The second-order valence-corrected chi connectivity index (χ2v) is 5.96. The van der Waals surface area contributed by atoms with Gasteiger partial charge < -0.3 is 0 Å². The summed E-state index contributed by atoms with van der Waals surface area (Å²) in [7, 11) is 0. The molecule has 2 amide bonds. The van der Waals surface area contributed by atoms with Gasteiger partial charge in [-0.2, -0.15) is 0 Å². The highest BCUT2D eigenvalue weighted by Crippen LogP contribution is 2.16. The van der Waals surface area contributed by atoms with Crippen LogP contribution in [0.3, 0.4) is 0 Å². The van der Waals surface area contributed by atoms with E-state index >= 15 is 0 Å². The topological polar surface area (TPSA) is 84.0 Å². The first kappa shape index (κ1) is 17.2. The van der Waals surface area contributed by atoms with Crippen molar-refractivity contribution in [3.05, 3.63) is 51.8 Å². The van der Waals surface area contributed by atoms with Gasteiger partial charge >= 0.3 is 0 Å². The maximum absolute atomic E-state index is 12.1. The van der Waals surface area contributed by atoms with E-state index in [9.17, 15) is 9.59 Å². The van der Waals surface area contributed by atoms with E-state index in [1.807, 2.05) is 26.0 Å². The number of rotatable bonds is 3. The molecule has 0 saturated heterocycles. The Morgan fingerprint density at radius 3 is 2.52 bits per heavy atom. The molecule has 23 heavy (non-hydrogen) atoms. The van der Waals surface area contributed by atoms with Crippen LogP contribution < -0.4 is 10.9 Å². The van der Waals surface area contributed by atoms with E-state index in [1.165, 1.54) is 18.0 Å². The molecule has 0 unspecified atom stereocenters. The summed E-state index contributed by atoms with van der Waals surface area (Å²) in [6, 6.07) is 5.42. The number of thioether (sulfide) groups is 1. The fourth-order valence-electron chi connectivity index (χ4n) is 1.92. The standard InChI is InChI=1S/C15H15ClN4O2S/c1-8-4-5-10(9(2)6-8)13(21)19-20-14(22)12-11(16)7-17-15(18-12)23-3/h4-7H,1-3H3,(H,19,21)(H,20,22). The second-order valence-electron chi connectivity index (χ2n) is 4.78. The fourth-order valence-corrected chi connectivity index (χ4v) is 2.43. The zero-order chi connectivity index (χ0) is 17.0. The van der Waals surface area contributed by atoms with Crippen molar-refractivity contribution in [1.82, 2.24) is 20.8 Å². The molecule has 0 aliphatic carbocycles. The van der Waals surface area contributed by atoms with E-state index in [0.29, 0.717) is 10.7 Å².